The number of rotatable bonds is 6. The number of aromatic nitrogens is 1. The van der Waals surface area contributed by atoms with E-state index in [-0.39, 0.29) is 16.4 Å². The van der Waals surface area contributed by atoms with Gasteiger partial charge in [-0.05, 0) is 18.2 Å². The first kappa shape index (κ1) is 21.3. The zero-order chi connectivity index (χ0) is 21.8. The Kier molecular flexibility index (Phi) is 6.36. The van der Waals surface area contributed by atoms with Gasteiger partial charge in [-0.3, -0.25) is 4.79 Å². The topological polar surface area (TPSA) is 77.5 Å². The fourth-order valence-electron chi connectivity index (χ4n) is 2.66. The third-order valence-corrected chi connectivity index (χ3v) is 5.05. The van der Waals surface area contributed by atoms with Crippen molar-refractivity contribution in [2.24, 2.45) is 0 Å². The zero-order valence-corrected chi connectivity index (χ0v) is 16.6. The van der Waals surface area contributed by atoms with E-state index < -0.39 is 35.7 Å². The lowest BCUT2D eigenvalue weighted by atomic mass is 10.1. The Morgan fingerprint density at radius 1 is 1.07 bits per heavy atom. The molecule has 6 nitrogen and oxygen atoms in total. The van der Waals surface area contributed by atoms with Gasteiger partial charge in [-0.25, -0.2) is 22.9 Å². The number of thiazole rings is 1. The summed E-state index contributed by atoms with van der Waals surface area (Å²) >= 11 is 0.983. The molecule has 1 heterocycles. The highest BCUT2D eigenvalue weighted by Crippen LogP contribution is 2.38. The molecule has 0 saturated carbocycles. The molecule has 3 aromatic rings. The predicted molar refractivity (Wildman–Crippen MR) is 104 cm³/mol. The lowest BCUT2D eigenvalue weighted by Crippen LogP contribution is -2.15. The number of amides is 1. The van der Waals surface area contributed by atoms with Crippen LogP contribution in [0.1, 0.15) is 16.1 Å². The van der Waals surface area contributed by atoms with Crippen LogP contribution in [0, 0.1) is 17.5 Å². The molecule has 0 saturated heterocycles. The van der Waals surface area contributed by atoms with E-state index in [2.05, 4.69) is 10.3 Å². The molecule has 10 heteroatoms. The molecule has 3 rings (SSSR count). The molecule has 1 aromatic heterocycles. The van der Waals surface area contributed by atoms with Gasteiger partial charge in [0.1, 0.15) is 11.6 Å². The summed E-state index contributed by atoms with van der Waals surface area (Å²) in [6.07, 6.45) is -0.555. The summed E-state index contributed by atoms with van der Waals surface area (Å²) in [5, 5.41) is 2.48. The Morgan fingerprint density at radius 2 is 1.77 bits per heavy atom. The number of esters is 1. The Morgan fingerprint density at radius 3 is 2.47 bits per heavy atom. The van der Waals surface area contributed by atoms with Gasteiger partial charge in [-0.1, -0.05) is 23.5 Å². The number of nitrogens with one attached hydrogen (secondary N) is 1. The Balaban J connectivity index is 1.90. The van der Waals surface area contributed by atoms with E-state index in [0.717, 1.165) is 11.3 Å². The van der Waals surface area contributed by atoms with Crippen LogP contribution in [-0.4, -0.2) is 31.1 Å². The first-order chi connectivity index (χ1) is 14.3. The summed E-state index contributed by atoms with van der Waals surface area (Å²) in [4.78, 5) is 28.9. The molecular weight excluding hydrogens is 421 g/mol. The maximum atomic E-state index is 13.8. The molecule has 1 amide bonds. The number of anilines is 1. The first-order valence-electron chi connectivity index (χ1n) is 8.49. The largest absolute Gasteiger partial charge is 0.496 e. The highest BCUT2D eigenvalue weighted by atomic mass is 32.1. The zero-order valence-electron chi connectivity index (χ0n) is 15.8. The number of hydrogen-bond donors (Lipinski definition) is 1. The van der Waals surface area contributed by atoms with E-state index in [0.29, 0.717) is 28.3 Å². The van der Waals surface area contributed by atoms with E-state index in [1.54, 1.807) is 24.3 Å². The van der Waals surface area contributed by atoms with Gasteiger partial charge in [-0.2, -0.15) is 0 Å². The quantitative estimate of drug-likeness (QED) is 0.463. The smallest absolute Gasteiger partial charge is 0.358 e. The highest BCUT2D eigenvalue weighted by Gasteiger charge is 2.23. The fraction of sp³-hybridized carbons (Fsp3) is 0.150. The molecular formula is C20H15F3N2O4S. The van der Waals surface area contributed by atoms with Crippen LogP contribution in [0.3, 0.4) is 0 Å². The average molecular weight is 436 g/mol. The van der Waals surface area contributed by atoms with Crippen LogP contribution in [0.2, 0.25) is 0 Å². The van der Waals surface area contributed by atoms with Gasteiger partial charge >= 0.3 is 5.97 Å². The maximum absolute atomic E-state index is 13.8. The van der Waals surface area contributed by atoms with Crippen LogP contribution in [-0.2, 0) is 16.0 Å². The van der Waals surface area contributed by atoms with Gasteiger partial charge in [0.15, 0.2) is 22.5 Å². The average Bonchev–Trinajstić information content (AvgIpc) is 3.14. The van der Waals surface area contributed by atoms with Crippen LogP contribution < -0.4 is 10.1 Å². The molecule has 0 spiro atoms. The van der Waals surface area contributed by atoms with Crippen LogP contribution >= 0.6 is 11.3 Å². The van der Waals surface area contributed by atoms with Crippen molar-refractivity contribution in [3.8, 4) is 16.2 Å². The molecule has 0 aliphatic rings. The fourth-order valence-corrected chi connectivity index (χ4v) is 3.66. The summed E-state index contributed by atoms with van der Waals surface area (Å²) in [6, 6.07) is 7.88. The summed E-state index contributed by atoms with van der Waals surface area (Å²) in [5.41, 5.74) is 0.201. The van der Waals surface area contributed by atoms with Crippen molar-refractivity contribution < 1.29 is 32.2 Å². The molecule has 156 valence electrons. The number of halogens is 3. The van der Waals surface area contributed by atoms with Crippen LogP contribution in [0.25, 0.3) is 10.4 Å². The number of benzene rings is 2. The standard InChI is InChI=1S/C20H15F3N2O4S/c1-28-15-6-4-3-5-11(15)18-17(19(27)29-2)25-20(30-18)24-16(26)8-10-7-13(22)14(23)9-12(10)21/h3-7,9H,8H2,1-2H3,(H,24,25,26). The summed E-state index contributed by atoms with van der Waals surface area (Å²) in [5.74, 6) is -4.63. The van der Waals surface area contributed by atoms with Gasteiger partial charge in [0.2, 0.25) is 5.91 Å². The number of hydrogen-bond acceptors (Lipinski definition) is 6. The Labute approximate surface area is 173 Å². The molecule has 0 fully saturated rings. The normalized spacial score (nSPS) is 10.6. The van der Waals surface area contributed by atoms with Gasteiger partial charge < -0.3 is 14.8 Å². The molecule has 0 aliphatic carbocycles. The van der Waals surface area contributed by atoms with Crippen molar-refractivity contribution in [1.82, 2.24) is 4.98 Å². The van der Waals surface area contributed by atoms with Gasteiger partial charge in [0, 0.05) is 17.2 Å². The van der Waals surface area contributed by atoms with Gasteiger partial charge in [0.25, 0.3) is 0 Å². The number of methoxy groups -OCH3 is 2. The Bertz CT molecular complexity index is 1120. The molecule has 0 radical (unpaired) electrons. The van der Waals surface area contributed by atoms with Gasteiger partial charge in [-0.15, -0.1) is 0 Å². The molecule has 0 bridgehead atoms. The van der Waals surface area contributed by atoms with Crippen molar-refractivity contribution >= 4 is 28.3 Å². The third-order valence-electron chi connectivity index (χ3n) is 4.04. The number of carbonyl (C=O) groups is 2. The molecule has 2 aromatic carbocycles. The molecule has 1 N–H and O–H groups in total. The molecule has 0 unspecified atom stereocenters. The van der Waals surface area contributed by atoms with Crippen LogP contribution in [0.4, 0.5) is 18.3 Å². The second-order valence-corrected chi connectivity index (χ2v) is 6.97. The van der Waals surface area contributed by atoms with Crippen molar-refractivity contribution in [3.63, 3.8) is 0 Å². The highest BCUT2D eigenvalue weighted by molar-refractivity contribution is 7.19. The van der Waals surface area contributed by atoms with Gasteiger partial charge in [0.05, 0.1) is 25.5 Å². The lowest BCUT2D eigenvalue weighted by Gasteiger charge is -2.07. The summed E-state index contributed by atoms with van der Waals surface area (Å²) < 4.78 is 50.2. The minimum absolute atomic E-state index is 0.0405. The van der Waals surface area contributed by atoms with Crippen LogP contribution in [0.15, 0.2) is 36.4 Å². The predicted octanol–water partition coefficient (Wildman–Crippen LogP) is 4.20. The minimum Gasteiger partial charge on any atom is -0.496 e. The van der Waals surface area contributed by atoms with Crippen molar-refractivity contribution in [2.45, 2.75) is 6.42 Å². The number of nitrogens with zero attached hydrogens (tertiary/aromatic N) is 1. The molecule has 30 heavy (non-hydrogen) atoms. The Hall–Kier alpha value is -3.40. The van der Waals surface area contributed by atoms with E-state index in [1.807, 2.05) is 0 Å². The lowest BCUT2D eigenvalue weighted by molar-refractivity contribution is -0.115. The van der Waals surface area contributed by atoms with Crippen molar-refractivity contribution in [3.05, 3.63) is 65.1 Å². The van der Waals surface area contributed by atoms with Crippen molar-refractivity contribution in [2.75, 3.05) is 19.5 Å². The second kappa shape index (κ2) is 8.95. The van der Waals surface area contributed by atoms with Crippen molar-refractivity contribution in [1.29, 1.82) is 0 Å². The number of carbonyl (C=O) groups excluding carboxylic acids is 2. The van der Waals surface area contributed by atoms with E-state index in [4.69, 9.17) is 9.47 Å². The first-order valence-corrected chi connectivity index (χ1v) is 9.31. The number of para-hydroxylation sites is 1. The number of ether oxygens (including phenoxy) is 2. The minimum atomic E-state index is -1.35. The molecule has 0 aliphatic heterocycles. The maximum Gasteiger partial charge on any atom is 0.358 e. The summed E-state index contributed by atoms with van der Waals surface area (Å²) in [7, 11) is 2.66. The van der Waals surface area contributed by atoms with E-state index in [9.17, 15) is 22.8 Å². The third kappa shape index (κ3) is 4.43. The summed E-state index contributed by atoms with van der Waals surface area (Å²) in [6.45, 7) is 0. The van der Waals surface area contributed by atoms with Crippen LogP contribution in [0.5, 0.6) is 5.75 Å². The molecule has 0 atom stereocenters. The second-order valence-electron chi connectivity index (χ2n) is 5.97. The SMILES string of the molecule is COC(=O)c1nc(NC(=O)Cc2cc(F)c(F)cc2F)sc1-c1ccccc1OC. The monoisotopic (exact) mass is 436 g/mol. The van der Waals surface area contributed by atoms with E-state index in [1.165, 1.54) is 14.2 Å². The van der Waals surface area contributed by atoms with E-state index >= 15 is 0 Å².